The third kappa shape index (κ3) is 6.57. The number of aromatic nitrogens is 2. The van der Waals surface area contributed by atoms with E-state index in [1.54, 1.807) is 0 Å². The number of rotatable bonds is 11. The smallest absolute Gasteiger partial charge is 0.374 e. The summed E-state index contributed by atoms with van der Waals surface area (Å²) < 4.78 is 18.0. The SMILES string of the molecule is CCO[Si](CCCNC(=O)NC1C=c2[nH]c(=S)[nH]c2=CC1)(OCC)OCC. The van der Waals surface area contributed by atoms with Gasteiger partial charge in [0, 0.05) is 32.4 Å². The fourth-order valence-corrected chi connectivity index (χ4v) is 5.88. The number of fused-ring (bicyclic) bond motifs is 1. The molecule has 0 aliphatic heterocycles. The number of hydrogen-bond donors (Lipinski definition) is 4. The standard InChI is InChI=1S/C17H30N4O4SSi/c1-4-23-27(24-5-2,25-6-3)11-7-10-18-16(22)19-13-8-9-14-15(12-13)21-17(26)20-14/h9,12-13H,4-8,10-11H2,1-3H3,(H2,18,19,22)(H2,20,21,26). The molecule has 0 aromatic carbocycles. The normalized spacial score (nSPS) is 16.2. The van der Waals surface area contributed by atoms with Gasteiger partial charge in [0.2, 0.25) is 0 Å². The molecule has 152 valence electrons. The molecule has 4 N–H and O–H groups in total. The van der Waals surface area contributed by atoms with Crippen LogP contribution in [-0.2, 0) is 13.3 Å². The summed E-state index contributed by atoms with van der Waals surface area (Å²) in [6.07, 6.45) is 5.45. The first-order chi connectivity index (χ1) is 13.0. The number of aromatic amines is 2. The van der Waals surface area contributed by atoms with Gasteiger partial charge in [0.1, 0.15) is 0 Å². The second kappa shape index (κ2) is 10.8. The number of H-pyrrole nitrogens is 2. The molecule has 0 saturated heterocycles. The van der Waals surface area contributed by atoms with Crippen LogP contribution in [0.4, 0.5) is 4.79 Å². The first kappa shape index (κ1) is 21.8. The summed E-state index contributed by atoms with van der Waals surface area (Å²) in [7, 11) is -2.65. The molecule has 2 amide bonds. The maximum atomic E-state index is 12.2. The minimum atomic E-state index is -2.65. The van der Waals surface area contributed by atoms with Crippen molar-refractivity contribution in [3.8, 4) is 0 Å². The molecule has 1 heterocycles. The van der Waals surface area contributed by atoms with E-state index in [4.69, 9.17) is 25.5 Å². The van der Waals surface area contributed by atoms with Crippen molar-refractivity contribution in [1.29, 1.82) is 0 Å². The largest absolute Gasteiger partial charge is 0.500 e. The summed E-state index contributed by atoms with van der Waals surface area (Å²) in [5.74, 6) is 0. The Labute approximate surface area is 165 Å². The highest BCUT2D eigenvalue weighted by Gasteiger charge is 2.39. The van der Waals surface area contributed by atoms with E-state index < -0.39 is 8.80 Å². The molecule has 1 aromatic heterocycles. The number of imidazole rings is 1. The molecule has 1 aliphatic carbocycles. The van der Waals surface area contributed by atoms with Crippen LogP contribution in [0, 0.1) is 4.77 Å². The Bertz CT molecular complexity index is 762. The molecule has 0 saturated carbocycles. The van der Waals surface area contributed by atoms with E-state index in [9.17, 15) is 4.79 Å². The van der Waals surface area contributed by atoms with Gasteiger partial charge in [-0.25, -0.2) is 4.79 Å². The lowest BCUT2D eigenvalue weighted by Crippen LogP contribution is -2.47. The van der Waals surface area contributed by atoms with Crippen LogP contribution in [0.2, 0.25) is 6.04 Å². The van der Waals surface area contributed by atoms with Gasteiger partial charge < -0.3 is 33.9 Å². The van der Waals surface area contributed by atoms with E-state index in [-0.39, 0.29) is 12.1 Å². The Balaban J connectivity index is 1.78. The molecule has 1 aliphatic rings. The summed E-state index contributed by atoms with van der Waals surface area (Å²) in [5, 5.41) is 7.73. The summed E-state index contributed by atoms with van der Waals surface area (Å²) >= 11 is 5.09. The van der Waals surface area contributed by atoms with Crippen molar-refractivity contribution in [1.82, 2.24) is 20.6 Å². The van der Waals surface area contributed by atoms with Gasteiger partial charge in [-0.3, -0.25) is 0 Å². The molecule has 0 radical (unpaired) electrons. The molecule has 0 spiro atoms. The molecule has 0 fully saturated rings. The molecular weight excluding hydrogens is 384 g/mol. The van der Waals surface area contributed by atoms with Crippen molar-refractivity contribution < 1.29 is 18.1 Å². The highest BCUT2D eigenvalue weighted by molar-refractivity contribution is 7.71. The van der Waals surface area contributed by atoms with Gasteiger partial charge in [-0.2, -0.15) is 0 Å². The highest BCUT2D eigenvalue weighted by Crippen LogP contribution is 2.17. The van der Waals surface area contributed by atoms with E-state index >= 15 is 0 Å². The van der Waals surface area contributed by atoms with Gasteiger partial charge in [0.25, 0.3) is 0 Å². The zero-order valence-corrected chi connectivity index (χ0v) is 18.0. The lowest BCUT2D eigenvalue weighted by atomic mass is 10.1. The van der Waals surface area contributed by atoms with Crippen LogP contribution in [0.5, 0.6) is 0 Å². The average Bonchev–Trinajstić information content (AvgIpc) is 2.99. The molecule has 10 heteroatoms. The Kier molecular flexibility index (Phi) is 8.70. The average molecular weight is 415 g/mol. The topological polar surface area (TPSA) is 100 Å². The quantitative estimate of drug-likeness (QED) is 0.247. The Morgan fingerprint density at radius 3 is 2.44 bits per heavy atom. The maximum absolute atomic E-state index is 12.2. The number of carbonyl (C=O) groups is 1. The van der Waals surface area contributed by atoms with Crippen molar-refractivity contribution in [3.05, 3.63) is 15.5 Å². The molecule has 1 aromatic rings. The van der Waals surface area contributed by atoms with E-state index in [1.807, 2.05) is 32.9 Å². The summed E-state index contributed by atoms with van der Waals surface area (Å²) in [4.78, 5) is 18.3. The van der Waals surface area contributed by atoms with Crippen molar-refractivity contribution in [2.45, 2.75) is 45.7 Å². The number of hydrogen-bond acceptors (Lipinski definition) is 5. The zero-order valence-electron chi connectivity index (χ0n) is 16.2. The number of nitrogens with one attached hydrogen (secondary N) is 4. The lowest BCUT2D eigenvalue weighted by molar-refractivity contribution is 0.0708. The second-order valence-corrected chi connectivity index (χ2v) is 9.25. The monoisotopic (exact) mass is 414 g/mol. The number of urea groups is 1. The molecule has 1 unspecified atom stereocenters. The number of amides is 2. The van der Waals surface area contributed by atoms with Gasteiger partial charge in [-0.15, -0.1) is 0 Å². The summed E-state index contributed by atoms with van der Waals surface area (Å²) in [5.41, 5.74) is 0. The van der Waals surface area contributed by atoms with Crippen LogP contribution in [0.3, 0.4) is 0 Å². The first-order valence-corrected chi connectivity index (χ1v) is 11.8. The second-order valence-electron chi connectivity index (χ2n) is 6.11. The van der Waals surface area contributed by atoms with Crippen LogP contribution < -0.4 is 21.3 Å². The molecule has 8 nitrogen and oxygen atoms in total. The zero-order chi connectivity index (χ0) is 19.7. The van der Waals surface area contributed by atoms with Gasteiger partial charge in [-0.1, -0.05) is 6.08 Å². The van der Waals surface area contributed by atoms with E-state index in [1.165, 1.54) is 0 Å². The van der Waals surface area contributed by atoms with Crippen LogP contribution >= 0.6 is 12.2 Å². The van der Waals surface area contributed by atoms with Crippen LogP contribution in [-0.4, -0.2) is 57.2 Å². The predicted octanol–water partition coefficient (Wildman–Crippen LogP) is 1.14. The Hall–Kier alpha value is -1.46. The lowest BCUT2D eigenvalue weighted by Gasteiger charge is -2.28. The number of carbonyl (C=O) groups excluding carboxylic acids is 1. The molecule has 0 bridgehead atoms. The molecule has 2 rings (SSSR count). The molecule has 27 heavy (non-hydrogen) atoms. The third-order valence-electron chi connectivity index (χ3n) is 4.08. The van der Waals surface area contributed by atoms with Gasteiger partial charge in [-0.05, 0) is 51.9 Å². The van der Waals surface area contributed by atoms with Gasteiger partial charge in [0.15, 0.2) is 4.77 Å². The van der Waals surface area contributed by atoms with Gasteiger partial charge >= 0.3 is 14.8 Å². The van der Waals surface area contributed by atoms with Gasteiger partial charge in [0.05, 0.1) is 16.7 Å². The Morgan fingerprint density at radius 2 is 1.81 bits per heavy atom. The molecular formula is C17H30N4O4SSi. The van der Waals surface area contributed by atoms with E-state index in [0.717, 1.165) is 23.5 Å². The fourth-order valence-electron chi connectivity index (χ4n) is 3.05. The first-order valence-electron chi connectivity index (χ1n) is 9.48. The fraction of sp³-hybridized carbons (Fsp3) is 0.647. The van der Waals surface area contributed by atoms with Crippen LogP contribution in [0.1, 0.15) is 33.6 Å². The molecule has 1 atom stereocenters. The van der Waals surface area contributed by atoms with Crippen molar-refractivity contribution >= 4 is 39.2 Å². The highest BCUT2D eigenvalue weighted by atomic mass is 32.1. The van der Waals surface area contributed by atoms with Crippen LogP contribution in [0.25, 0.3) is 12.2 Å². The predicted molar refractivity (Wildman–Crippen MR) is 109 cm³/mol. The van der Waals surface area contributed by atoms with Crippen molar-refractivity contribution in [3.63, 3.8) is 0 Å². The van der Waals surface area contributed by atoms with Crippen LogP contribution in [0.15, 0.2) is 0 Å². The minimum Gasteiger partial charge on any atom is -0.374 e. The van der Waals surface area contributed by atoms with Crippen molar-refractivity contribution in [2.24, 2.45) is 0 Å². The van der Waals surface area contributed by atoms with E-state index in [2.05, 4.69) is 20.6 Å². The Morgan fingerprint density at radius 1 is 1.19 bits per heavy atom. The summed E-state index contributed by atoms with van der Waals surface area (Å²) in [6, 6.07) is 0.413. The third-order valence-corrected chi connectivity index (χ3v) is 7.44. The maximum Gasteiger partial charge on any atom is 0.500 e. The van der Waals surface area contributed by atoms with Crippen molar-refractivity contribution in [2.75, 3.05) is 26.4 Å². The minimum absolute atomic E-state index is 0.0670. The van der Waals surface area contributed by atoms with E-state index in [0.29, 0.717) is 37.2 Å². The summed E-state index contributed by atoms with van der Waals surface area (Å²) in [6.45, 7) is 8.00.